The van der Waals surface area contributed by atoms with Crippen molar-refractivity contribution in [3.05, 3.63) is 35.4 Å². The number of amides is 2. The van der Waals surface area contributed by atoms with Crippen LogP contribution in [0.5, 0.6) is 0 Å². The zero-order chi connectivity index (χ0) is 25.2. The second-order valence-electron chi connectivity index (χ2n) is 12.0. The van der Waals surface area contributed by atoms with Crippen LogP contribution in [-0.2, 0) is 4.79 Å². The summed E-state index contributed by atoms with van der Waals surface area (Å²) in [5, 5.41) is 14.2. The zero-order valence-corrected chi connectivity index (χ0v) is 22.1. The Bertz CT molecular complexity index is 908. The van der Waals surface area contributed by atoms with Gasteiger partial charge in [0, 0.05) is 49.2 Å². The number of hydrogen-bond donors (Lipinski definition) is 2. The number of nitrogens with zero attached hydrogens (tertiary/aromatic N) is 2. The van der Waals surface area contributed by atoms with E-state index in [0.717, 1.165) is 5.56 Å². The summed E-state index contributed by atoms with van der Waals surface area (Å²) in [7, 11) is 0. The Morgan fingerprint density at radius 1 is 0.806 bits per heavy atom. The number of hydrogen-bond acceptors (Lipinski definition) is 4. The molecule has 0 aromatic heterocycles. The second kappa shape index (κ2) is 10.8. The third kappa shape index (κ3) is 5.50. The van der Waals surface area contributed by atoms with Crippen LogP contribution in [0.1, 0.15) is 112 Å². The normalized spacial score (nSPS) is 28.5. The molecule has 1 aromatic rings. The summed E-state index contributed by atoms with van der Waals surface area (Å²) in [6.07, 6.45) is 15.5. The van der Waals surface area contributed by atoms with Gasteiger partial charge in [-0.3, -0.25) is 9.59 Å². The Hall–Kier alpha value is -1.92. The molecule has 5 rings (SSSR count). The lowest BCUT2D eigenvalue weighted by Crippen LogP contribution is -2.57. The average Bonchev–Trinajstić information content (AvgIpc) is 3.66. The van der Waals surface area contributed by atoms with Crippen LogP contribution in [-0.4, -0.2) is 70.1 Å². The molecule has 2 saturated heterocycles. The fourth-order valence-corrected chi connectivity index (χ4v) is 7.00. The van der Waals surface area contributed by atoms with Gasteiger partial charge < -0.3 is 20.2 Å². The molecule has 2 amide bonds. The van der Waals surface area contributed by atoms with Crippen LogP contribution in [0.4, 0.5) is 0 Å². The first-order valence-electron chi connectivity index (χ1n) is 14.6. The summed E-state index contributed by atoms with van der Waals surface area (Å²) < 4.78 is 0. The highest BCUT2D eigenvalue weighted by molar-refractivity contribution is 5.94. The molecule has 2 heterocycles. The molecule has 2 N–H and O–H groups in total. The second-order valence-corrected chi connectivity index (χ2v) is 12.0. The van der Waals surface area contributed by atoms with Crippen molar-refractivity contribution >= 4 is 11.8 Å². The van der Waals surface area contributed by atoms with Gasteiger partial charge in [-0.05, 0) is 63.1 Å². The monoisotopic (exact) mass is 495 g/mol. The molecule has 0 radical (unpaired) electrons. The van der Waals surface area contributed by atoms with E-state index in [0.29, 0.717) is 51.0 Å². The van der Waals surface area contributed by atoms with Crippen molar-refractivity contribution in [3.63, 3.8) is 0 Å². The van der Waals surface area contributed by atoms with Gasteiger partial charge in [0.05, 0.1) is 0 Å². The van der Waals surface area contributed by atoms with Gasteiger partial charge in [0.25, 0.3) is 11.8 Å². The lowest BCUT2D eigenvalue weighted by Gasteiger charge is -2.49. The van der Waals surface area contributed by atoms with Gasteiger partial charge in [0.1, 0.15) is 5.60 Å². The van der Waals surface area contributed by atoms with Gasteiger partial charge in [-0.1, -0.05) is 57.1 Å². The van der Waals surface area contributed by atoms with Crippen LogP contribution in [0.25, 0.3) is 0 Å². The number of piperidine rings is 1. The van der Waals surface area contributed by atoms with Crippen LogP contribution in [0, 0.1) is 0 Å². The minimum atomic E-state index is -1.13. The molecule has 1 spiro atoms. The first-order chi connectivity index (χ1) is 17.4. The topological polar surface area (TPSA) is 72.9 Å². The van der Waals surface area contributed by atoms with Crippen LogP contribution in [0.2, 0.25) is 0 Å². The number of nitrogens with one attached hydrogen (secondary N) is 1. The van der Waals surface area contributed by atoms with Gasteiger partial charge in [0.15, 0.2) is 0 Å². The molecule has 6 heteroatoms. The molecule has 2 atom stereocenters. The fraction of sp³-hybridized carbons (Fsp3) is 0.733. The highest BCUT2D eigenvalue weighted by Crippen LogP contribution is 2.44. The molecule has 2 saturated carbocycles. The number of piperazine rings is 1. The van der Waals surface area contributed by atoms with E-state index in [1.807, 2.05) is 17.0 Å². The third-order valence-corrected chi connectivity index (χ3v) is 9.37. The zero-order valence-electron chi connectivity index (χ0n) is 22.1. The quantitative estimate of drug-likeness (QED) is 0.642. The first kappa shape index (κ1) is 25.7. The lowest BCUT2D eigenvalue weighted by atomic mass is 9.67. The summed E-state index contributed by atoms with van der Waals surface area (Å²) in [6.45, 7) is 4.39. The van der Waals surface area contributed by atoms with Gasteiger partial charge in [-0.2, -0.15) is 0 Å². The molecule has 4 fully saturated rings. The van der Waals surface area contributed by atoms with E-state index in [1.54, 1.807) is 4.90 Å². The Morgan fingerprint density at radius 3 is 1.94 bits per heavy atom. The summed E-state index contributed by atoms with van der Waals surface area (Å²) in [5.74, 6) is 0.381. The number of benzene rings is 1. The van der Waals surface area contributed by atoms with E-state index in [1.165, 1.54) is 76.2 Å². The van der Waals surface area contributed by atoms with Crippen molar-refractivity contribution in [2.24, 2.45) is 0 Å². The third-order valence-electron chi connectivity index (χ3n) is 9.37. The van der Waals surface area contributed by atoms with E-state index in [9.17, 15) is 14.7 Å². The van der Waals surface area contributed by atoms with E-state index < -0.39 is 5.60 Å². The molecule has 198 valence electrons. The van der Waals surface area contributed by atoms with Crippen LogP contribution >= 0.6 is 0 Å². The fourth-order valence-electron chi connectivity index (χ4n) is 7.00. The first-order valence-corrected chi connectivity index (χ1v) is 14.6. The van der Waals surface area contributed by atoms with Crippen molar-refractivity contribution < 1.29 is 14.7 Å². The molecular weight excluding hydrogens is 450 g/mol. The van der Waals surface area contributed by atoms with Gasteiger partial charge in [-0.15, -0.1) is 0 Å². The Kier molecular flexibility index (Phi) is 7.73. The lowest BCUT2D eigenvalue weighted by molar-refractivity contribution is -0.143. The molecule has 36 heavy (non-hydrogen) atoms. The smallest absolute Gasteiger partial charge is 0.254 e. The van der Waals surface area contributed by atoms with Crippen LogP contribution < -0.4 is 5.32 Å². The predicted molar refractivity (Wildman–Crippen MR) is 142 cm³/mol. The Balaban J connectivity index is 1.25. The summed E-state index contributed by atoms with van der Waals surface area (Å²) in [5.41, 5.74) is 1.15. The maximum Gasteiger partial charge on any atom is 0.254 e. The maximum atomic E-state index is 13.2. The SMILES string of the molecule is CC1CCC(c2ccc(C(=O)N3CCN(C(=O)C4(O)CC4)CC3)cc2)C2(CCCCCCCCC2)N1. The Labute approximate surface area is 216 Å². The standard InChI is InChI=1S/C30H45N3O3/c1-23-9-14-26(29(31-23)15-7-5-3-2-4-6-8-16-29)24-10-12-25(13-11-24)27(34)32-19-21-33(22-20-32)28(35)30(36)17-18-30/h10-13,23,26,31,36H,2-9,14-22H2,1H3. The van der Waals surface area contributed by atoms with Gasteiger partial charge >= 0.3 is 0 Å². The van der Waals surface area contributed by atoms with Crippen LogP contribution in [0.3, 0.4) is 0 Å². The van der Waals surface area contributed by atoms with E-state index in [-0.39, 0.29) is 17.4 Å². The van der Waals surface area contributed by atoms with Crippen LogP contribution in [0.15, 0.2) is 24.3 Å². The number of rotatable bonds is 3. The largest absolute Gasteiger partial charge is 0.380 e. The van der Waals surface area contributed by atoms with E-state index >= 15 is 0 Å². The summed E-state index contributed by atoms with van der Waals surface area (Å²) in [4.78, 5) is 29.2. The molecule has 2 aliphatic carbocycles. The minimum absolute atomic E-state index is 0.0441. The highest BCUT2D eigenvalue weighted by atomic mass is 16.3. The molecule has 2 aliphatic heterocycles. The van der Waals surface area contributed by atoms with Crippen molar-refractivity contribution in [1.82, 2.24) is 15.1 Å². The minimum Gasteiger partial charge on any atom is -0.380 e. The summed E-state index contributed by atoms with van der Waals surface area (Å²) >= 11 is 0. The van der Waals surface area contributed by atoms with E-state index in [4.69, 9.17) is 0 Å². The number of carbonyl (C=O) groups excluding carboxylic acids is 2. The van der Waals surface area contributed by atoms with Crippen molar-refractivity contribution in [1.29, 1.82) is 0 Å². The van der Waals surface area contributed by atoms with E-state index in [2.05, 4.69) is 24.4 Å². The van der Waals surface area contributed by atoms with Crippen molar-refractivity contribution in [2.45, 2.75) is 113 Å². The highest BCUT2D eigenvalue weighted by Gasteiger charge is 2.50. The Morgan fingerprint density at radius 2 is 1.36 bits per heavy atom. The molecule has 1 aromatic carbocycles. The maximum absolute atomic E-state index is 13.2. The molecule has 2 unspecified atom stereocenters. The van der Waals surface area contributed by atoms with Crippen molar-refractivity contribution in [2.75, 3.05) is 26.2 Å². The summed E-state index contributed by atoms with van der Waals surface area (Å²) in [6, 6.07) is 9.02. The average molecular weight is 496 g/mol. The molecular formula is C30H45N3O3. The van der Waals surface area contributed by atoms with Gasteiger partial charge in [-0.25, -0.2) is 0 Å². The van der Waals surface area contributed by atoms with Crippen molar-refractivity contribution in [3.8, 4) is 0 Å². The van der Waals surface area contributed by atoms with Gasteiger partial charge in [0.2, 0.25) is 0 Å². The number of carbonyl (C=O) groups is 2. The molecule has 0 bridgehead atoms. The predicted octanol–water partition coefficient (Wildman–Crippen LogP) is 4.61. The molecule has 4 aliphatic rings. The number of aliphatic hydroxyl groups is 1. The molecule has 6 nitrogen and oxygen atoms in total.